The van der Waals surface area contributed by atoms with Gasteiger partial charge in [-0.05, 0) is 56.3 Å². The molecule has 2 heterocycles. The first-order chi connectivity index (χ1) is 14.2. The van der Waals surface area contributed by atoms with Crippen LogP contribution < -0.4 is 9.64 Å². The predicted octanol–water partition coefficient (Wildman–Crippen LogP) is 4.33. The highest BCUT2D eigenvalue weighted by Crippen LogP contribution is 2.28. The van der Waals surface area contributed by atoms with E-state index in [-0.39, 0.29) is 5.82 Å². The van der Waals surface area contributed by atoms with Gasteiger partial charge in [0.2, 0.25) is 0 Å². The molecule has 1 aliphatic rings. The van der Waals surface area contributed by atoms with Gasteiger partial charge in [0.15, 0.2) is 0 Å². The van der Waals surface area contributed by atoms with E-state index >= 15 is 0 Å². The number of aromatic nitrogens is 2. The van der Waals surface area contributed by atoms with Gasteiger partial charge in [-0.25, -0.2) is 4.39 Å². The lowest BCUT2D eigenvalue weighted by Gasteiger charge is -2.38. The van der Waals surface area contributed by atoms with Crippen molar-refractivity contribution < 1.29 is 9.13 Å². The molecule has 1 aromatic heterocycles. The van der Waals surface area contributed by atoms with Crippen molar-refractivity contribution in [2.24, 2.45) is 0 Å². The van der Waals surface area contributed by atoms with Crippen LogP contribution in [0.1, 0.15) is 18.4 Å². The van der Waals surface area contributed by atoms with Gasteiger partial charge in [-0.15, -0.1) is 0 Å². The predicted molar refractivity (Wildman–Crippen MR) is 114 cm³/mol. The molecule has 29 heavy (non-hydrogen) atoms. The Balaban J connectivity index is 1.38. The van der Waals surface area contributed by atoms with E-state index in [0.717, 1.165) is 49.5 Å². The summed E-state index contributed by atoms with van der Waals surface area (Å²) >= 11 is 0. The average molecular weight is 394 g/mol. The van der Waals surface area contributed by atoms with Crippen molar-refractivity contribution in [1.29, 1.82) is 0 Å². The van der Waals surface area contributed by atoms with Crippen LogP contribution in [0.25, 0.3) is 11.3 Å². The van der Waals surface area contributed by atoms with Crippen LogP contribution in [-0.2, 0) is 6.54 Å². The van der Waals surface area contributed by atoms with E-state index in [1.165, 1.54) is 11.8 Å². The fraction of sp³-hybridized carbons (Fsp3) is 0.348. The maximum Gasteiger partial charge on any atom is 0.132 e. The van der Waals surface area contributed by atoms with Crippen LogP contribution in [0.15, 0.2) is 54.7 Å². The minimum Gasteiger partial charge on any atom is -0.497 e. The third kappa shape index (κ3) is 4.27. The van der Waals surface area contributed by atoms with Gasteiger partial charge in [0.05, 0.1) is 19.0 Å². The number of methoxy groups -OCH3 is 1. The van der Waals surface area contributed by atoms with Crippen LogP contribution >= 0.6 is 0 Å². The van der Waals surface area contributed by atoms with Crippen LogP contribution in [0, 0.1) is 5.82 Å². The molecular weight excluding hydrogens is 367 g/mol. The van der Waals surface area contributed by atoms with Gasteiger partial charge in [0.25, 0.3) is 0 Å². The molecule has 1 fully saturated rings. The van der Waals surface area contributed by atoms with Crippen LogP contribution in [0.5, 0.6) is 5.75 Å². The number of rotatable bonds is 6. The van der Waals surface area contributed by atoms with Crippen molar-refractivity contribution in [3.63, 3.8) is 0 Å². The molecule has 5 nitrogen and oxygen atoms in total. The summed E-state index contributed by atoms with van der Waals surface area (Å²) in [6.07, 6.45) is 4.00. The standard InChI is InChI=1S/C23H27FN4O/c1-27(16-17-15-25-26-23(17)21-5-3-4-6-22(21)24)18-11-13-28(14-12-18)19-7-9-20(29-2)10-8-19/h3-10,15,18H,11-14,16H2,1-2H3,(H,25,26). The summed E-state index contributed by atoms with van der Waals surface area (Å²) < 4.78 is 19.4. The first-order valence-electron chi connectivity index (χ1n) is 10.0. The number of H-pyrrole nitrogens is 1. The maximum atomic E-state index is 14.2. The first kappa shape index (κ1) is 19.5. The number of ether oxygens (including phenoxy) is 1. The van der Waals surface area contributed by atoms with E-state index < -0.39 is 0 Å². The topological polar surface area (TPSA) is 44.4 Å². The molecule has 0 aliphatic carbocycles. The van der Waals surface area contributed by atoms with Crippen molar-refractivity contribution in [2.45, 2.75) is 25.4 Å². The second kappa shape index (κ2) is 8.66. The molecule has 152 valence electrons. The Morgan fingerprint density at radius 1 is 1.14 bits per heavy atom. The summed E-state index contributed by atoms with van der Waals surface area (Å²) in [5.41, 5.74) is 3.60. The molecule has 4 rings (SSSR count). The zero-order valence-corrected chi connectivity index (χ0v) is 16.9. The quantitative estimate of drug-likeness (QED) is 0.676. The smallest absolute Gasteiger partial charge is 0.132 e. The van der Waals surface area contributed by atoms with E-state index in [4.69, 9.17) is 4.74 Å². The van der Waals surface area contributed by atoms with E-state index in [1.807, 2.05) is 24.4 Å². The highest BCUT2D eigenvalue weighted by atomic mass is 19.1. The number of anilines is 1. The third-order valence-corrected chi connectivity index (χ3v) is 5.81. The summed E-state index contributed by atoms with van der Waals surface area (Å²) in [5.74, 6) is 0.655. The number of benzene rings is 2. The lowest BCUT2D eigenvalue weighted by molar-refractivity contribution is 0.200. The number of hydrogen-bond acceptors (Lipinski definition) is 4. The lowest BCUT2D eigenvalue weighted by atomic mass is 10.0. The second-order valence-electron chi connectivity index (χ2n) is 7.58. The molecule has 0 radical (unpaired) electrons. The molecule has 3 aromatic rings. The highest BCUT2D eigenvalue weighted by Gasteiger charge is 2.24. The van der Waals surface area contributed by atoms with Crippen molar-refractivity contribution in [1.82, 2.24) is 15.1 Å². The first-order valence-corrected chi connectivity index (χ1v) is 10.0. The molecule has 0 amide bonds. The van der Waals surface area contributed by atoms with E-state index in [1.54, 1.807) is 19.2 Å². The zero-order chi connectivity index (χ0) is 20.2. The molecule has 0 atom stereocenters. The number of hydrogen-bond donors (Lipinski definition) is 1. The van der Waals surface area contributed by atoms with Gasteiger partial charge >= 0.3 is 0 Å². The minimum atomic E-state index is -0.228. The summed E-state index contributed by atoms with van der Waals surface area (Å²) in [7, 11) is 3.83. The van der Waals surface area contributed by atoms with E-state index in [2.05, 4.69) is 39.2 Å². The molecule has 0 saturated carbocycles. The molecule has 2 aromatic carbocycles. The largest absolute Gasteiger partial charge is 0.497 e. The van der Waals surface area contributed by atoms with Gasteiger partial charge in [0.1, 0.15) is 11.6 Å². The molecular formula is C23H27FN4O. The molecule has 1 aliphatic heterocycles. The third-order valence-electron chi connectivity index (χ3n) is 5.81. The van der Waals surface area contributed by atoms with Gasteiger partial charge in [0, 0.05) is 42.5 Å². The van der Waals surface area contributed by atoms with Crippen molar-refractivity contribution in [3.05, 3.63) is 66.1 Å². The lowest BCUT2D eigenvalue weighted by Crippen LogP contribution is -2.43. The fourth-order valence-corrected chi connectivity index (χ4v) is 4.08. The van der Waals surface area contributed by atoms with E-state index in [0.29, 0.717) is 11.6 Å². The Bertz CT molecular complexity index is 932. The minimum absolute atomic E-state index is 0.228. The fourth-order valence-electron chi connectivity index (χ4n) is 4.08. The van der Waals surface area contributed by atoms with Crippen molar-refractivity contribution in [3.8, 4) is 17.0 Å². The summed E-state index contributed by atoms with van der Waals surface area (Å²) in [5, 5.41) is 7.14. The Morgan fingerprint density at radius 2 is 1.86 bits per heavy atom. The molecule has 6 heteroatoms. The molecule has 1 saturated heterocycles. The van der Waals surface area contributed by atoms with Gasteiger partial charge in [-0.1, -0.05) is 12.1 Å². The molecule has 0 spiro atoms. The summed E-state index contributed by atoms with van der Waals surface area (Å²) in [6.45, 7) is 2.78. The van der Waals surface area contributed by atoms with Crippen molar-refractivity contribution in [2.75, 3.05) is 32.1 Å². The van der Waals surface area contributed by atoms with E-state index in [9.17, 15) is 4.39 Å². The molecule has 0 bridgehead atoms. The van der Waals surface area contributed by atoms with Crippen molar-refractivity contribution >= 4 is 5.69 Å². The van der Waals surface area contributed by atoms with Gasteiger partial charge in [-0.2, -0.15) is 5.10 Å². The number of piperidine rings is 1. The molecule has 0 unspecified atom stereocenters. The van der Waals surface area contributed by atoms with Crippen LogP contribution in [0.4, 0.5) is 10.1 Å². The number of nitrogens with one attached hydrogen (secondary N) is 1. The van der Waals surface area contributed by atoms with Crippen LogP contribution in [-0.4, -0.2) is 48.4 Å². The summed E-state index contributed by atoms with van der Waals surface area (Å²) in [6, 6.07) is 15.6. The zero-order valence-electron chi connectivity index (χ0n) is 16.9. The van der Waals surface area contributed by atoms with Crippen LogP contribution in [0.3, 0.4) is 0 Å². The second-order valence-corrected chi connectivity index (χ2v) is 7.58. The molecule has 1 N–H and O–H groups in total. The maximum absolute atomic E-state index is 14.2. The summed E-state index contributed by atoms with van der Waals surface area (Å²) in [4.78, 5) is 4.78. The monoisotopic (exact) mass is 394 g/mol. The number of aromatic amines is 1. The highest BCUT2D eigenvalue weighted by molar-refractivity contribution is 5.63. The Kier molecular flexibility index (Phi) is 5.81. The Hall–Kier alpha value is -2.86. The SMILES string of the molecule is COc1ccc(N2CCC(N(C)Cc3cn[nH]c3-c3ccccc3F)CC2)cc1. The Morgan fingerprint density at radius 3 is 2.55 bits per heavy atom. The number of halogens is 1. The number of nitrogens with zero attached hydrogens (tertiary/aromatic N) is 3. The average Bonchev–Trinajstić information content (AvgIpc) is 3.22. The normalized spacial score (nSPS) is 15.1. The van der Waals surface area contributed by atoms with Gasteiger partial charge in [-0.3, -0.25) is 10.00 Å². The van der Waals surface area contributed by atoms with Gasteiger partial charge < -0.3 is 9.64 Å². The Labute approximate surface area is 171 Å². The van der Waals surface area contributed by atoms with Crippen LogP contribution in [0.2, 0.25) is 0 Å².